The van der Waals surface area contributed by atoms with E-state index in [1.165, 1.54) is 13.2 Å². The van der Waals surface area contributed by atoms with Crippen molar-refractivity contribution in [1.29, 1.82) is 0 Å². The largest absolute Gasteiger partial charge is 0.495 e. The number of nitrogens with one attached hydrogen (secondary N) is 1. The summed E-state index contributed by atoms with van der Waals surface area (Å²) in [5.74, 6) is 5.16. The lowest BCUT2D eigenvalue weighted by Crippen LogP contribution is -2.30. The Labute approximate surface area is 93.2 Å². The summed E-state index contributed by atoms with van der Waals surface area (Å²) in [6.45, 7) is 1.69. The normalized spacial score (nSPS) is 11.5. The molecule has 0 aliphatic rings. The molecule has 0 heterocycles. The van der Waals surface area contributed by atoms with E-state index in [1.54, 1.807) is 17.8 Å². The molecule has 0 bridgehead atoms. The zero-order valence-corrected chi connectivity index (χ0v) is 9.82. The molecule has 7 heteroatoms. The summed E-state index contributed by atoms with van der Waals surface area (Å²) in [6.07, 6.45) is 0. The molecule has 0 spiro atoms. The number of halogens is 1. The van der Waals surface area contributed by atoms with Gasteiger partial charge in [0.15, 0.2) is 0 Å². The van der Waals surface area contributed by atoms with Crippen molar-refractivity contribution in [2.45, 2.75) is 11.8 Å². The first kappa shape index (κ1) is 12.3. The van der Waals surface area contributed by atoms with Crippen molar-refractivity contribution in [3.05, 3.63) is 22.7 Å². The van der Waals surface area contributed by atoms with E-state index >= 15 is 0 Å². The highest BCUT2D eigenvalue weighted by Gasteiger charge is 2.20. The molecule has 0 aliphatic carbocycles. The van der Waals surface area contributed by atoms with E-state index < -0.39 is 10.0 Å². The van der Waals surface area contributed by atoms with Gasteiger partial charge in [-0.3, -0.25) is 5.84 Å². The quantitative estimate of drug-likeness (QED) is 0.614. The fraction of sp³-hybridized carbons (Fsp3) is 0.250. The molecule has 0 amide bonds. The van der Waals surface area contributed by atoms with Crippen molar-refractivity contribution >= 4 is 21.6 Å². The van der Waals surface area contributed by atoms with Crippen LogP contribution in [0.15, 0.2) is 17.0 Å². The number of hydrogen-bond acceptors (Lipinski definition) is 4. The summed E-state index contributed by atoms with van der Waals surface area (Å²) in [4.78, 5) is 1.65. The Hall–Kier alpha value is -0.820. The zero-order chi connectivity index (χ0) is 11.6. The summed E-state index contributed by atoms with van der Waals surface area (Å²) in [6, 6.07) is 2.89. The van der Waals surface area contributed by atoms with Crippen molar-refractivity contribution in [1.82, 2.24) is 4.83 Å². The fourth-order valence-electron chi connectivity index (χ4n) is 1.22. The van der Waals surface area contributed by atoms with E-state index in [2.05, 4.69) is 0 Å². The van der Waals surface area contributed by atoms with Gasteiger partial charge >= 0.3 is 0 Å². The number of nitrogens with two attached hydrogens (primary N) is 1. The van der Waals surface area contributed by atoms with Crippen molar-refractivity contribution in [3.8, 4) is 5.75 Å². The monoisotopic (exact) mass is 250 g/mol. The van der Waals surface area contributed by atoms with Crippen LogP contribution >= 0.6 is 11.6 Å². The van der Waals surface area contributed by atoms with Crippen LogP contribution in [0.5, 0.6) is 5.75 Å². The Morgan fingerprint density at radius 1 is 1.47 bits per heavy atom. The predicted octanol–water partition coefficient (Wildman–Crippen LogP) is 0.809. The first-order chi connectivity index (χ1) is 6.92. The third-order valence-corrected chi connectivity index (χ3v) is 3.26. The minimum atomic E-state index is -3.77. The van der Waals surface area contributed by atoms with Gasteiger partial charge in [-0.05, 0) is 24.6 Å². The van der Waals surface area contributed by atoms with Gasteiger partial charge in [-0.2, -0.15) is 0 Å². The number of aryl methyl sites for hydroxylation is 1. The topological polar surface area (TPSA) is 81.4 Å². The van der Waals surface area contributed by atoms with Gasteiger partial charge < -0.3 is 4.74 Å². The highest BCUT2D eigenvalue weighted by Crippen LogP contribution is 2.30. The van der Waals surface area contributed by atoms with Gasteiger partial charge in [0.1, 0.15) is 10.6 Å². The lowest BCUT2D eigenvalue weighted by atomic mass is 10.2. The maximum Gasteiger partial charge on any atom is 0.256 e. The molecule has 0 radical (unpaired) electrons. The van der Waals surface area contributed by atoms with Crippen LogP contribution in [0.2, 0.25) is 5.02 Å². The highest BCUT2D eigenvalue weighted by molar-refractivity contribution is 7.89. The molecule has 0 aromatic heterocycles. The summed E-state index contributed by atoms with van der Waals surface area (Å²) >= 11 is 5.75. The molecule has 0 saturated heterocycles. The third-order valence-electron chi connectivity index (χ3n) is 1.85. The number of hydrogen-bond donors (Lipinski definition) is 2. The molecule has 84 valence electrons. The summed E-state index contributed by atoms with van der Waals surface area (Å²) < 4.78 is 28.0. The third kappa shape index (κ3) is 2.40. The van der Waals surface area contributed by atoms with Gasteiger partial charge in [0.2, 0.25) is 0 Å². The molecule has 0 aliphatic heterocycles. The second-order valence-corrected chi connectivity index (χ2v) is 4.99. The van der Waals surface area contributed by atoms with Crippen LogP contribution in [0.3, 0.4) is 0 Å². The Morgan fingerprint density at radius 2 is 2.07 bits per heavy atom. The minimum Gasteiger partial charge on any atom is -0.495 e. The summed E-state index contributed by atoms with van der Waals surface area (Å²) in [5, 5.41) is 0.308. The number of sulfonamides is 1. The van der Waals surface area contributed by atoms with E-state index in [9.17, 15) is 8.42 Å². The average molecular weight is 251 g/mol. The van der Waals surface area contributed by atoms with E-state index in [1.807, 2.05) is 0 Å². The summed E-state index contributed by atoms with van der Waals surface area (Å²) in [7, 11) is -2.39. The molecular weight excluding hydrogens is 240 g/mol. The maximum atomic E-state index is 11.5. The molecule has 5 nitrogen and oxygen atoms in total. The van der Waals surface area contributed by atoms with Crippen LogP contribution in [0, 0.1) is 6.92 Å². The number of ether oxygens (including phenoxy) is 1. The van der Waals surface area contributed by atoms with E-state index in [0.29, 0.717) is 10.6 Å². The number of rotatable bonds is 3. The predicted molar refractivity (Wildman–Crippen MR) is 57.2 cm³/mol. The van der Waals surface area contributed by atoms with Crippen molar-refractivity contribution in [2.75, 3.05) is 7.11 Å². The molecule has 1 aromatic rings. The molecule has 0 saturated carbocycles. The lowest BCUT2D eigenvalue weighted by Gasteiger charge is -2.11. The van der Waals surface area contributed by atoms with Gasteiger partial charge in [-0.25, -0.2) is 8.42 Å². The first-order valence-corrected chi connectivity index (χ1v) is 5.85. The molecule has 1 rings (SSSR count). The zero-order valence-electron chi connectivity index (χ0n) is 8.24. The van der Waals surface area contributed by atoms with Gasteiger partial charge in [0.25, 0.3) is 10.0 Å². The molecular formula is C8H11ClN2O3S. The minimum absolute atomic E-state index is 0.0718. The Balaban J connectivity index is 3.53. The fourth-order valence-corrected chi connectivity index (χ4v) is 2.46. The standard InChI is InChI=1S/C8H11ClN2O3S/c1-5-3-6(9)4-7(8(5)14-2)15(12,13)11-10/h3-4,11H,10H2,1-2H3. The van der Waals surface area contributed by atoms with Crippen molar-refractivity contribution in [2.24, 2.45) is 5.84 Å². The van der Waals surface area contributed by atoms with Crippen LogP contribution in [0.1, 0.15) is 5.56 Å². The average Bonchev–Trinajstić information content (AvgIpc) is 2.16. The Bertz CT molecular complexity index is 473. The Kier molecular flexibility index (Phi) is 3.56. The van der Waals surface area contributed by atoms with E-state index in [4.69, 9.17) is 22.2 Å². The number of hydrazine groups is 1. The molecule has 0 atom stereocenters. The molecule has 0 fully saturated rings. The van der Waals surface area contributed by atoms with Gasteiger partial charge in [0, 0.05) is 5.02 Å². The summed E-state index contributed by atoms with van der Waals surface area (Å²) in [5.41, 5.74) is 0.624. The van der Waals surface area contributed by atoms with E-state index in [-0.39, 0.29) is 10.6 Å². The smallest absolute Gasteiger partial charge is 0.256 e. The number of methoxy groups -OCH3 is 1. The maximum absolute atomic E-state index is 11.5. The number of benzene rings is 1. The highest BCUT2D eigenvalue weighted by atomic mass is 35.5. The van der Waals surface area contributed by atoms with Crippen LogP contribution in [-0.2, 0) is 10.0 Å². The van der Waals surface area contributed by atoms with Crippen LogP contribution in [0.4, 0.5) is 0 Å². The van der Waals surface area contributed by atoms with Gasteiger partial charge in [-0.1, -0.05) is 11.6 Å². The molecule has 1 aromatic carbocycles. The lowest BCUT2D eigenvalue weighted by molar-refractivity contribution is 0.399. The van der Waals surface area contributed by atoms with Crippen LogP contribution < -0.4 is 15.4 Å². The second kappa shape index (κ2) is 4.36. The van der Waals surface area contributed by atoms with E-state index in [0.717, 1.165) is 0 Å². The van der Waals surface area contributed by atoms with Gasteiger partial charge in [-0.15, -0.1) is 4.83 Å². The van der Waals surface area contributed by atoms with Crippen molar-refractivity contribution < 1.29 is 13.2 Å². The first-order valence-electron chi connectivity index (χ1n) is 3.99. The van der Waals surface area contributed by atoms with Crippen LogP contribution in [0.25, 0.3) is 0 Å². The Morgan fingerprint density at radius 3 is 2.53 bits per heavy atom. The SMILES string of the molecule is COc1c(C)cc(Cl)cc1S(=O)(=O)NN. The van der Waals surface area contributed by atoms with Crippen molar-refractivity contribution in [3.63, 3.8) is 0 Å². The van der Waals surface area contributed by atoms with Gasteiger partial charge in [0.05, 0.1) is 7.11 Å². The second-order valence-electron chi connectivity index (χ2n) is 2.88. The molecule has 3 N–H and O–H groups in total. The molecule has 15 heavy (non-hydrogen) atoms. The van der Waals surface area contributed by atoms with Crippen LogP contribution in [-0.4, -0.2) is 15.5 Å². The molecule has 0 unspecified atom stereocenters.